The molecule has 0 aliphatic rings. The fourth-order valence-corrected chi connectivity index (χ4v) is 3.24. The summed E-state index contributed by atoms with van der Waals surface area (Å²) < 4.78 is 27.5. The molecule has 0 heterocycles. The minimum atomic E-state index is -0.712. The maximum atomic E-state index is 14.2. The fraction of sp³-hybridized carbons (Fsp3) is 0.208. The quantitative estimate of drug-likeness (QED) is 0.570. The van der Waals surface area contributed by atoms with Gasteiger partial charge < -0.3 is 5.32 Å². The lowest BCUT2D eigenvalue weighted by Crippen LogP contribution is -2.35. The zero-order valence-electron chi connectivity index (χ0n) is 16.7. The molecule has 0 radical (unpaired) electrons. The standard InChI is InChI=1S/C24H24F2N2O/c1-15-9-10-16(2)22(13-15)28-24(29)23(18-7-5-4-6-8-18)27-17(3)20-12-11-19(25)14-21(20)26/h4-14,17,23,27H,1-3H3,(H,28,29)/t17-,23-/m1/s1. The van der Waals surface area contributed by atoms with Gasteiger partial charge in [-0.05, 0) is 49.6 Å². The van der Waals surface area contributed by atoms with Crippen molar-refractivity contribution in [1.29, 1.82) is 0 Å². The van der Waals surface area contributed by atoms with Crippen molar-refractivity contribution in [3.63, 3.8) is 0 Å². The van der Waals surface area contributed by atoms with Crippen molar-refractivity contribution in [2.45, 2.75) is 32.9 Å². The van der Waals surface area contributed by atoms with Crippen molar-refractivity contribution in [3.05, 3.63) is 101 Å². The first-order valence-electron chi connectivity index (χ1n) is 9.49. The molecule has 150 valence electrons. The van der Waals surface area contributed by atoms with Crippen LogP contribution >= 0.6 is 0 Å². The van der Waals surface area contributed by atoms with Gasteiger partial charge in [-0.15, -0.1) is 0 Å². The Labute approximate surface area is 169 Å². The SMILES string of the molecule is Cc1ccc(C)c(NC(=O)[C@H](N[C@H](C)c2ccc(F)cc2F)c2ccccc2)c1. The minimum absolute atomic E-state index is 0.251. The molecular formula is C24H24F2N2O. The lowest BCUT2D eigenvalue weighted by Gasteiger charge is -2.24. The number of carbonyl (C=O) groups is 1. The van der Waals surface area contributed by atoms with Gasteiger partial charge >= 0.3 is 0 Å². The van der Waals surface area contributed by atoms with Gasteiger partial charge in [0, 0.05) is 23.4 Å². The molecule has 0 saturated carbocycles. The van der Waals surface area contributed by atoms with Crippen LogP contribution in [0.4, 0.5) is 14.5 Å². The molecule has 3 nitrogen and oxygen atoms in total. The minimum Gasteiger partial charge on any atom is -0.324 e. The Bertz CT molecular complexity index is 1010. The molecule has 2 atom stereocenters. The van der Waals surface area contributed by atoms with Crippen LogP contribution in [0.2, 0.25) is 0 Å². The number of amides is 1. The Morgan fingerprint density at radius 1 is 0.931 bits per heavy atom. The van der Waals surface area contributed by atoms with Gasteiger partial charge in [-0.25, -0.2) is 8.78 Å². The highest BCUT2D eigenvalue weighted by atomic mass is 19.1. The second-order valence-corrected chi connectivity index (χ2v) is 7.21. The third-order valence-electron chi connectivity index (χ3n) is 4.89. The van der Waals surface area contributed by atoms with Crippen molar-refractivity contribution >= 4 is 11.6 Å². The van der Waals surface area contributed by atoms with E-state index in [0.29, 0.717) is 5.56 Å². The molecule has 0 aliphatic carbocycles. The summed E-state index contributed by atoms with van der Waals surface area (Å²) in [7, 11) is 0. The summed E-state index contributed by atoms with van der Waals surface area (Å²) in [5.41, 5.74) is 3.78. The van der Waals surface area contributed by atoms with Crippen LogP contribution in [-0.4, -0.2) is 5.91 Å². The predicted octanol–water partition coefficient (Wildman–Crippen LogP) is 5.61. The zero-order chi connectivity index (χ0) is 21.0. The average molecular weight is 394 g/mol. The van der Waals surface area contributed by atoms with Crippen LogP contribution < -0.4 is 10.6 Å². The summed E-state index contributed by atoms with van der Waals surface area (Å²) in [6.07, 6.45) is 0. The highest BCUT2D eigenvalue weighted by Gasteiger charge is 2.24. The Kier molecular flexibility index (Phi) is 6.39. The number of halogens is 2. The van der Waals surface area contributed by atoms with Gasteiger partial charge in [0.1, 0.15) is 17.7 Å². The van der Waals surface area contributed by atoms with Crippen LogP contribution in [0.25, 0.3) is 0 Å². The van der Waals surface area contributed by atoms with E-state index in [1.54, 1.807) is 6.92 Å². The maximum Gasteiger partial charge on any atom is 0.246 e. The molecular weight excluding hydrogens is 370 g/mol. The molecule has 1 amide bonds. The highest BCUT2D eigenvalue weighted by molar-refractivity contribution is 5.96. The van der Waals surface area contributed by atoms with E-state index in [2.05, 4.69) is 10.6 Å². The van der Waals surface area contributed by atoms with E-state index >= 15 is 0 Å². The molecule has 3 aromatic carbocycles. The van der Waals surface area contributed by atoms with E-state index in [4.69, 9.17) is 0 Å². The summed E-state index contributed by atoms with van der Waals surface area (Å²) >= 11 is 0. The van der Waals surface area contributed by atoms with E-state index in [-0.39, 0.29) is 5.91 Å². The van der Waals surface area contributed by atoms with Crippen molar-refractivity contribution in [2.75, 3.05) is 5.32 Å². The van der Waals surface area contributed by atoms with Gasteiger partial charge in [-0.3, -0.25) is 10.1 Å². The Morgan fingerprint density at radius 3 is 2.34 bits per heavy atom. The summed E-state index contributed by atoms with van der Waals surface area (Å²) in [4.78, 5) is 13.2. The first-order chi connectivity index (χ1) is 13.8. The maximum absolute atomic E-state index is 14.2. The Balaban J connectivity index is 1.88. The van der Waals surface area contributed by atoms with E-state index in [9.17, 15) is 13.6 Å². The molecule has 0 saturated heterocycles. The van der Waals surface area contributed by atoms with Gasteiger partial charge in [0.05, 0.1) is 0 Å². The van der Waals surface area contributed by atoms with Crippen LogP contribution in [-0.2, 0) is 4.79 Å². The van der Waals surface area contributed by atoms with E-state index in [1.807, 2.05) is 62.4 Å². The van der Waals surface area contributed by atoms with Crippen LogP contribution in [0, 0.1) is 25.5 Å². The van der Waals surface area contributed by atoms with E-state index in [0.717, 1.165) is 28.4 Å². The highest BCUT2D eigenvalue weighted by Crippen LogP contribution is 2.25. The number of hydrogen-bond acceptors (Lipinski definition) is 2. The van der Waals surface area contributed by atoms with Crippen LogP contribution in [0.1, 0.15) is 41.3 Å². The number of nitrogens with one attached hydrogen (secondary N) is 2. The Hall–Kier alpha value is -3.05. The van der Waals surface area contributed by atoms with E-state index in [1.165, 1.54) is 12.1 Å². The van der Waals surface area contributed by atoms with Gasteiger partial charge in [0.15, 0.2) is 0 Å². The fourth-order valence-electron chi connectivity index (χ4n) is 3.24. The molecule has 2 N–H and O–H groups in total. The van der Waals surface area contributed by atoms with Crippen molar-refractivity contribution in [2.24, 2.45) is 0 Å². The number of rotatable bonds is 6. The largest absolute Gasteiger partial charge is 0.324 e. The molecule has 0 fully saturated rings. The second kappa shape index (κ2) is 8.97. The lowest BCUT2D eigenvalue weighted by atomic mass is 10.0. The molecule has 0 unspecified atom stereocenters. The first kappa shape index (κ1) is 20.7. The normalized spacial score (nSPS) is 13.0. The van der Waals surface area contributed by atoms with Crippen LogP contribution in [0.3, 0.4) is 0 Å². The number of anilines is 1. The molecule has 0 bridgehead atoms. The molecule has 5 heteroatoms. The van der Waals surface area contributed by atoms with Gasteiger partial charge in [0.2, 0.25) is 5.91 Å². The third kappa shape index (κ3) is 5.06. The molecule has 0 aliphatic heterocycles. The first-order valence-corrected chi connectivity index (χ1v) is 9.49. The number of carbonyl (C=O) groups excluding carboxylic acids is 1. The van der Waals surface area contributed by atoms with Gasteiger partial charge in [-0.1, -0.05) is 48.5 Å². The van der Waals surface area contributed by atoms with Crippen LogP contribution in [0.15, 0.2) is 66.7 Å². The van der Waals surface area contributed by atoms with Gasteiger partial charge in [0.25, 0.3) is 0 Å². The summed E-state index contributed by atoms with van der Waals surface area (Å²) in [5.74, 6) is -1.53. The number of hydrogen-bond donors (Lipinski definition) is 2. The van der Waals surface area contributed by atoms with Crippen molar-refractivity contribution < 1.29 is 13.6 Å². The number of benzene rings is 3. The smallest absolute Gasteiger partial charge is 0.246 e. The van der Waals surface area contributed by atoms with E-state index < -0.39 is 23.7 Å². The monoisotopic (exact) mass is 394 g/mol. The zero-order valence-corrected chi connectivity index (χ0v) is 16.7. The second-order valence-electron chi connectivity index (χ2n) is 7.21. The third-order valence-corrected chi connectivity index (χ3v) is 4.89. The topological polar surface area (TPSA) is 41.1 Å². The van der Waals surface area contributed by atoms with Gasteiger partial charge in [-0.2, -0.15) is 0 Å². The molecule has 3 aromatic rings. The molecule has 0 aromatic heterocycles. The summed E-state index contributed by atoms with van der Waals surface area (Å²) in [5, 5.41) is 6.16. The Morgan fingerprint density at radius 2 is 1.66 bits per heavy atom. The van der Waals surface area contributed by atoms with Crippen molar-refractivity contribution in [3.8, 4) is 0 Å². The van der Waals surface area contributed by atoms with Crippen molar-refractivity contribution in [1.82, 2.24) is 5.32 Å². The summed E-state index contributed by atoms with van der Waals surface area (Å²) in [6.45, 7) is 5.63. The predicted molar refractivity (Wildman–Crippen MR) is 112 cm³/mol. The van der Waals surface area contributed by atoms with Crippen LogP contribution in [0.5, 0.6) is 0 Å². The number of aryl methyl sites for hydroxylation is 2. The summed E-state index contributed by atoms with van der Waals surface area (Å²) in [6, 6.07) is 17.3. The molecule has 0 spiro atoms. The molecule has 3 rings (SSSR count). The average Bonchev–Trinajstić information content (AvgIpc) is 2.69. The lowest BCUT2D eigenvalue weighted by molar-refractivity contribution is -0.118. The molecule has 29 heavy (non-hydrogen) atoms.